The van der Waals surface area contributed by atoms with Crippen LogP contribution in [0.3, 0.4) is 0 Å². The van der Waals surface area contributed by atoms with Gasteiger partial charge in [-0.15, -0.1) is 4.28 Å². The Balaban J connectivity index is 1.70. The second-order valence-corrected chi connectivity index (χ2v) is 6.69. The summed E-state index contributed by atoms with van der Waals surface area (Å²) in [5.74, 6) is 0.523. The van der Waals surface area contributed by atoms with Crippen molar-refractivity contribution in [2.24, 2.45) is 0 Å². The van der Waals surface area contributed by atoms with E-state index in [1.54, 1.807) is 30.3 Å². The molecule has 2 aromatic rings. The van der Waals surface area contributed by atoms with E-state index in [4.69, 9.17) is 9.02 Å². The second-order valence-electron chi connectivity index (χ2n) is 5.14. The maximum absolute atomic E-state index is 12.2. The van der Waals surface area contributed by atoms with Crippen molar-refractivity contribution in [3.05, 3.63) is 48.0 Å². The average Bonchev–Trinajstić information content (AvgIpc) is 2.94. The maximum Gasteiger partial charge on any atom is 0.317 e. The lowest BCUT2D eigenvalue weighted by Crippen LogP contribution is -2.12. The summed E-state index contributed by atoms with van der Waals surface area (Å²) < 4.78 is 34.7. The van der Waals surface area contributed by atoms with E-state index in [0.29, 0.717) is 29.3 Å². The molecule has 7 nitrogen and oxygen atoms in total. The molecule has 0 unspecified atom stereocenters. The number of carbonyl (C=O) groups is 1. The van der Waals surface area contributed by atoms with Gasteiger partial charge in [0.2, 0.25) is 5.91 Å². The first kappa shape index (κ1) is 16.3. The van der Waals surface area contributed by atoms with Crippen molar-refractivity contribution in [2.45, 2.75) is 18.2 Å². The maximum atomic E-state index is 12.2. The van der Waals surface area contributed by atoms with Crippen molar-refractivity contribution in [1.29, 1.82) is 0 Å². The normalized spacial score (nSPS) is 13.3. The predicted octanol–water partition coefficient (Wildman–Crippen LogP) is 2.31. The highest BCUT2D eigenvalue weighted by Gasteiger charge is 2.22. The van der Waals surface area contributed by atoms with Gasteiger partial charge in [0.1, 0.15) is 5.75 Å². The molecule has 0 aromatic heterocycles. The number of carbonyl (C=O) groups excluding carboxylic acids is 1. The third-order valence-corrected chi connectivity index (χ3v) is 4.56. The molecule has 2 aromatic carbocycles. The first-order valence-electron chi connectivity index (χ1n) is 7.33. The van der Waals surface area contributed by atoms with Gasteiger partial charge in [0.25, 0.3) is 0 Å². The van der Waals surface area contributed by atoms with Crippen molar-refractivity contribution in [2.75, 3.05) is 17.4 Å². The fraction of sp³-hybridized carbons (Fsp3) is 0.188. The van der Waals surface area contributed by atoms with E-state index in [0.717, 1.165) is 0 Å². The Bertz CT molecular complexity index is 863. The number of nitrogens with one attached hydrogen (secondary N) is 2. The zero-order valence-corrected chi connectivity index (χ0v) is 13.7. The smallest absolute Gasteiger partial charge is 0.317 e. The molecule has 2 N–H and O–H groups in total. The standard InChI is InChI=1S/C16H16N2O5S/c1-2-22-13-5-3-12(4-6-13)18-23-24(20,21)14-7-8-15-11(9-14)10-16(19)17-15/h3-9,18H,2,10H2,1H3,(H,17,19). The molecule has 0 atom stereocenters. The summed E-state index contributed by atoms with van der Waals surface area (Å²) in [6.07, 6.45) is 0.158. The number of fused-ring (bicyclic) bond motifs is 1. The number of amides is 1. The summed E-state index contributed by atoms with van der Waals surface area (Å²) >= 11 is 0. The van der Waals surface area contributed by atoms with Gasteiger partial charge in [-0.05, 0) is 55.0 Å². The molecular weight excluding hydrogens is 332 g/mol. The Kier molecular flexibility index (Phi) is 4.41. The molecule has 1 amide bonds. The summed E-state index contributed by atoms with van der Waals surface area (Å²) in [4.78, 5) is 11.3. The number of hydrogen-bond donors (Lipinski definition) is 2. The number of benzene rings is 2. The first-order chi connectivity index (χ1) is 11.5. The monoisotopic (exact) mass is 348 g/mol. The molecule has 1 aliphatic heterocycles. The Morgan fingerprint density at radius 3 is 2.62 bits per heavy atom. The van der Waals surface area contributed by atoms with Crippen LogP contribution in [-0.4, -0.2) is 20.9 Å². The minimum Gasteiger partial charge on any atom is -0.494 e. The van der Waals surface area contributed by atoms with E-state index in [1.165, 1.54) is 12.1 Å². The van der Waals surface area contributed by atoms with Crippen molar-refractivity contribution >= 4 is 27.4 Å². The second kappa shape index (κ2) is 6.50. The number of rotatable bonds is 6. The largest absolute Gasteiger partial charge is 0.494 e. The quantitative estimate of drug-likeness (QED) is 0.778. The van der Waals surface area contributed by atoms with E-state index in [-0.39, 0.29) is 17.2 Å². The molecule has 0 saturated carbocycles. The highest BCUT2D eigenvalue weighted by Crippen LogP contribution is 2.26. The molecule has 1 heterocycles. The Morgan fingerprint density at radius 1 is 1.17 bits per heavy atom. The minimum atomic E-state index is -4.00. The highest BCUT2D eigenvalue weighted by atomic mass is 32.2. The summed E-state index contributed by atoms with van der Waals surface area (Å²) in [5, 5.41) is 2.65. The van der Waals surface area contributed by atoms with Crippen LogP contribution in [0.25, 0.3) is 0 Å². The fourth-order valence-electron chi connectivity index (χ4n) is 2.30. The molecule has 0 spiro atoms. The lowest BCUT2D eigenvalue weighted by molar-refractivity contribution is -0.115. The average molecular weight is 348 g/mol. The van der Waals surface area contributed by atoms with Crippen LogP contribution in [0.4, 0.5) is 11.4 Å². The molecule has 0 aliphatic carbocycles. The number of anilines is 2. The summed E-state index contributed by atoms with van der Waals surface area (Å²) in [7, 11) is -4.00. The predicted molar refractivity (Wildman–Crippen MR) is 88.3 cm³/mol. The Labute approximate surface area is 139 Å². The topological polar surface area (TPSA) is 93.7 Å². The molecule has 126 valence electrons. The van der Waals surface area contributed by atoms with Crippen LogP contribution in [-0.2, 0) is 25.6 Å². The number of ether oxygens (including phenoxy) is 1. The molecule has 0 bridgehead atoms. The third-order valence-electron chi connectivity index (χ3n) is 3.43. The van der Waals surface area contributed by atoms with Crippen LogP contribution in [0.1, 0.15) is 12.5 Å². The minimum absolute atomic E-state index is 0.0174. The SMILES string of the molecule is CCOc1ccc(NOS(=O)(=O)c2ccc3c(c2)CC(=O)N3)cc1. The van der Waals surface area contributed by atoms with E-state index >= 15 is 0 Å². The van der Waals surface area contributed by atoms with E-state index in [9.17, 15) is 13.2 Å². The summed E-state index contributed by atoms with van der Waals surface area (Å²) in [6.45, 7) is 2.43. The number of hydrogen-bond acceptors (Lipinski definition) is 6. The Morgan fingerprint density at radius 2 is 1.92 bits per heavy atom. The van der Waals surface area contributed by atoms with E-state index in [1.807, 2.05) is 6.92 Å². The van der Waals surface area contributed by atoms with Crippen LogP contribution in [0, 0.1) is 0 Å². The first-order valence-corrected chi connectivity index (χ1v) is 8.74. The van der Waals surface area contributed by atoms with Crippen molar-refractivity contribution in [3.8, 4) is 5.75 Å². The van der Waals surface area contributed by atoms with Crippen LogP contribution >= 0.6 is 0 Å². The van der Waals surface area contributed by atoms with Gasteiger partial charge < -0.3 is 10.1 Å². The van der Waals surface area contributed by atoms with Gasteiger partial charge in [-0.25, -0.2) is 5.48 Å². The molecule has 0 fully saturated rings. The van der Waals surface area contributed by atoms with E-state index < -0.39 is 10.1 Å². The molecule has 3 rings (SSSR count). The summed E-state index contributed by atoms with van der Waals surface area (Å²) in [6, 6.07) is 11.1. The van der Waals surface area contributed by atoms with Gasteiger partial charge >= 0.3 is 10.1 Å². The Hall–Kier alpha value is -2.58. The van der Waals surface area contributed by atoms with Gasteiger partial charge in [0.05, 0.1) is 23.6 Å². The van der Waals surface area contributed by atoms with Gasteiger partial charge in [-0.3, -0.25) is 4.79 Å². The van der Waals surface area contributed by atoms with Gasteiger partial charge in [-0.2, -0.15) is 8.42 Å². The highest BCUT2D eigenvalue weighted by molar-refractivity contribution is 7.86. The van der Waals surface area contributed by atoms with E-state index in [2.05, 4.69) is 10.8 Å². The van der Waals surface area contributed by atoms with Crippen LogP contribution < -0.4 is 15.5 Å². The van der Waals surface area contributed by atoms with Crippen LogP contribution in [0.15, 0.2) is 47.4 Å². The molecule has 0 saturated heterocycles. The van der Waals surface area contributed by atoms with Gasteiger partial charge in [-0.1, -0.05) is 0 Å². The van der Waals surface area contributed by atoms with Gasteiger partial charge in [0.15, 0.2) is 0 Å². The van der Waals surface area contributed by atoms with Crippen LogP contribution in [0.5, 0.6) is 5.75 Å². The van der Waals surface area contributed by atoms with Crippen molar-refractivity contribution < 1.29 is 22.2 Å². The van der Waals surface area contributed by atoms with Crippen LogP contribution in [0.2, 0.25) is 0 Å². The molecule has 0 radical (unpaired) electrons. The molecule has 8 heteroatoms. The van der Waals surface area contributed by atoms with Crippen molar-refractivity contribution in [3.63, 3.8) is 0 Å². The lowest BCUT2D eigenvalue weighted by Gasteiger charge is -2.09. The zero-order chi connectivity index (χ0) is 17.2. The van der Waals surface area contributed by atoms with Crippen molar-refractivity contribution in [1.82, 2.24) is 0 Å². The molecule has 24 heavy (non-hydrogen) atoms. The third kappa shape index (κ3) is 3.50. The fourth-order valence-corrected chi connectivity index (χ4v) is 3.12. The summed E-state index contributed by atoms with van der Waals surface area (Å²) in [5.41, 5.74) is 4.13. The van der Waals surface area contributed by atoms with Gasteiger partial charge in [0, 0.05) is 5.69 Å². The molecular formula is C16H16N2O5S. The zero-order valence-electron chi connectivity index (χ0n) is 12.9. The lowest BCUT2D eigenvalue weighted by atomic mass is 10.2. The molecule has 1 aliphatic rings.